The van der Waals surface area contributed by atoms with Crippen LogP contribution in [0.3, 0.4) is 0 Å². The molecule has 2 rings (SSSR count). The van der Waals surface area contributed by atoms with E-state index in [1.54, 1.807) is 0 Å². The summed E-state index contributed by atoms with van der Waals surface area (Å²) < 4.78 is 11.0. The van der Waals surface area contributed by atoms with E-state index in [2.05, 4.69) is 43.5 Å². The Morgan fingerprint density at radius 2 is 2.04 bits per heavy atom. The van der Waals surface area contributed by atoms with Gasteiger partial charge in [-0.05, 0) is 23.1 Å². The molecule has 2 N–H and O–H groups in total. The topological polar surface area (TPSA) is 59.6 Å². The van der Waals surface area contributed by atoms with Gasteiger partial charge in [0.05, 0.1) is 13.2 Å². The van der Waals surface area contributed by atoms with Crippen LogP contribution in [0.15, 0.2) is 24.3 Å². The molecule has 0 spiro atoms. The van der Waals surface area contributed by atoms with Crippen LogP contribution in [-0.2, 0) is 14.9 Å². The van der Waals surface area contributed by atoms with Gasteiger partial charge < -0.3 is 20.1 Å². The Labute approximate surface area is 144 Å². The maximum Gasteiger partial charge on any atom is 0.250 e. The van der Waals surface area contributed by atoms with Crippen molar-refractivity contribution in [3.05, 3.63) is 29.8 Å². The summed E-state index contributed by atoms with van der Waals surface area (Å²) in [5.74, 6) is 0.733. The highest BCUT2D eigenvalue weighted by Crippen LogP contribution is 2.24. The fourth-order valence-electron chi connectivity index (χ4n) is 2.24. The van der Waals surface area contributed by atoms with Crippen LogP contribution >= 0.6 is 12.4 Å². The Morgan fingerprint density at radius 3 is 2.61 bits per heavy atom. The predicted molar refractivity (Wildman–Crippen MR) is 93.5 cm³/mol. The Kier molecular flexibility index (Phi) is 7.82. The van der Waals surface area contributed by atoms with Crippen molar-refractivity contribution in [3.8, 4) is 5.75 Å². The van der Waals surface area contributed by atoms with Gasteiger partial charge in [0.15, 0.2) is 0 Å². The Balaban J connectivity index is 0.00000264. The van der Waals surface area contributed by atoms with Crippen molar-refractivity contribution >= 4 is 18.3 Å². The van der Waals surface area contributed by atoms with Crippen molar-refractivity contribution in [1.29, 1.82) is 0 Å². The minimum Gasteiger partial charge on any atom is -0.492 e. The number of carbonyl (C=O) groups is 1. The second-order valence-corrected chi connectivity index (χ2v) is 6.48. The van der Waals surface area contributed by atoms with Gasteiger partial charge in [-0.1, -0.05) is 32.9 Å². The molecule has 1 aliphatic heterocycles. The molecule has 1 aromatic carbocycles. The summed E-state index contributed by atoms with van der Waals surface area (Å²) in [6, 6.07) is 8.10. The third-order valence-electron chi connectivity index (χ3n) is 3.61. The lowest BCUT2D eigenvalue weighted by Crippen LogP contribution is -2.48. The van der Waals surface area contributed by atoms with Gasteiger partial charge in [0.1, 0.15) is 18.5 Å². The minimum absolute atomic E-state index is 0. The molecule has 0 aromatic heterocycles. The molecule has 0 saturated carbocycles. The maximum absolute atomic E-state index is 11.8. The Morgan fingerprint density at radius 1 is 1.35 bits per heavy atom. The molecule has 23 heavy (non-hydrogen) atoms. The quantitative estimate of drug-likeness (QED) is 0.802. The second-order valence-electron chi connectivity index (χ2n) is 6.48. The first kappa shape index (κ1) is 19.7. The van der Waals surface area contributed by atoms with E-state index in [-0.39, 0.29) is 29.8 Å². The van der Waals surface area contributed by atoms with Gasteiger partial charge in [-0.15, -0.1) is 12.4 Å². The summed E-state index contributed by atoms with van der Waals surface area (Å²) in [7, 11) is 0. The Hall–Kier alpha value is -1.30. The van der Waals surface area contributed by atoms with Crippen LogP contribution in [0.2, 0.25) is 0 Å². The monoisotopic (exact) mass is 342 g/mol. The molecule has 0 aliphatic carbocycles. The fourth-order valence-corrected chi connectivity index (χ4v) is 2.24. The number of ether oxygens (including phenoxy) is 2. The number of hydrogen-bond donors (Lipinski definition) is 2. The van der Waals surface area contributed by atoms with E-state index in [1.165, 1.54) is 5.56 Å². The summed E-state index contributed by atoms with van der Waals surface area (Å²) in [6.45, 7) is 9.41. The van der Waals surface area contributed by atoms with Crippen LogP contribution in [0.25, 0.3) is 0 Å². The number of benzene rings is 1. The highest BCUT2D eigenvalue weighted by atomic mass is 35.5. The second kappa shape index (κ2) is 9.11. The molecule has 6 heteroatoms. The lowest BCUT2D eigenvalue weighted by molar-refractivity contribution is -0.134. The summed E-state index contributed by atoms with van der Waals surface area (Å²) in [4.78, 5) is 11.8. The molecule has 1 amide bonds. The molecule has 1 saturated heterocycles. The minimum atomic E-state index is -0.389. The van der Waals surface area contributed by atoms with Crippen LogP contribution in [0.4, 0.5) is 0 Å². The van der Waals surface area contributed by atoms with E-state index in [0.717, 1.165) is 12.3 Å². The zero-order valence-electron chi connectivity index (χ0n) is 14.1. The van der Waals surface area contributed by atoms with Crippen molar-refractivity contribution < 1.29 is 14.3 Å². The van der Waals surface area contributed by atoms with E-state index in [1.807, 2.05) is 12.1 Å². The van der Waals surface area contributed by atoms with Crippen LogP contribution in [-0.4, -0.2) is 44.9 Å². The van der Waals surface area contributed by atoms with E-state index >= 15 is 0 Å². The van der Waals surface area contributed by atoms with E-state index in [9.17, 15) is 4.79 Å². The first-order valence-electron chi connectivity index (χ1n) is 7.80. The molecule has 0 bridgehead atoms. The molecule has 1 atom stereocenters. The van der Waals surface area contributed by atoms with Crippen LogP contribution < -0.4 is 15.4 Å². The van der Waals surface area contributed by atoms with Gasteiger partial charge in [-0.2, -0.15) is 0 Å². The summed E-state index contributed by atoms with van der Waals surface area (Å²) in [5, 5.41) is 5.96. The third kappa shape index (κ3) is 6.37. The first-order chi connectivity index (χ1) is 10.5. The van der Waals surface area contributed by atoms with Gasteiger partial charge in [0, 0.05) is 13.1 Å². The van der Waals surface area contributed by atoms with Crippen molar-refractivity contribution in [2.45, 2.75) is 32.3 Å². The van der Waals surface area contributed by atoms with E-state index in [4.69, 9.17) is 9.47 Å². The smallest absolute Gasteiger partial charge is 0.250 e. The largest absolute Gasteiger partial charge is 0.492 e. The van der Waals surface area contributed by atoms with Crippen molar-refractivity contribution in [2.24, 2.45) is 0 Å². The zero-order chi connectivity index (χ0) is 16.0. The average Bonchev–Trinajstić information content (AvgIpc) is 2.52. The molecule has 130 valence electrons. The van der Waals surface area contributed by atoms with Crippen molar-refractivity contribution in [1.82, 2.24) is 10.6 Å². The number of morpholine rings is 1. The maximum atomic E-state index is 11.8. The SMILES string of the molecule is CC(C)(C)c1ccc(OCCNC(=O)C2CNCCO2)cc1.Cl. The molecule has 1 heterocycles. The number of carbonyl (C=O) groups excluding carboxylic acids is 1. The predicted octanol–water partition coefficient (Wildman–Crippen LogP) is 1.89. The number of rotatable bonds is 5. The van der Waals surface area contributed by atoms with Gasteiger partial charge in [0.2, 0.25) is 0 Å². The Bertz CT molecular complexity index is 480. The van der Waals surface area contributed by atoms with Gasteiger partial charge in [-0.25, -0.2) is 0 Å². The molecule has 5 nitrogen and oxygen atoms in total. The van der Waals surface area contributed by atoms with Crippen LogP contribution in [0.5, 0.6) is 5.75 Å². The van der Waals surface area contributed by atoms with Crippen molar-refractivity contribution in [3.63, 3.8) is 0 Å². The van der Waals surface area contributed by atoms with Gasteiger partial charge >= 0.3 is 0 Å². The van der Waals surface area contributed by atoms with Gasteiger partial charge in [0.25, 0.3) is 5.91 Å². The molecular weight excluding hydrogens is 316 g/mol. The molecular formula is C17H27ClN2O3. The van der Waals surface area contributed by atoms with Crippen molar-refractivity contribution in [2.75, 3.05) is 32.8 Å². The van der Waals surface area contributed by atoms with Gasteiger partial charge in [-0.3, -0.25) is 4.79 Å². The van der Waals surface area contributed by atoms with E-state index < -0.39 is 0 Å². The highest BCUT2D eigenvalue weighted by molar-refractivity contribution is 5.85. The van der Waals surface area contributed by atoms with Crippen LogP contribution in [0, 0.1) is 0 Å². The summed E-state index contributed by atoms with van der Waals surface area (Å²) in [5.41, 5.74) is 1.41. The number of hydrogen-bond acceptors (Lipinski definition) is 4. The molecule has 0 radical (unpaired) electrons. The summed E-state index contributed by atoms with van der Waals surface area (Å²) >= 11 is 0. The summed E-state index contributed by atoms with van der Waals surface area (Å²) in [6.07, 6.45) is -0.389. The standard InChI is InChI=1S/C17H26N2O3.ClH/c1-17(2,3)13-4-6-14(7-5-13)21-11-9-19-16(20)15-12-18-8-10-22-15;/h4-7,15,18H,8-12H2,1-3H3,(H,19,20);1H. The number of nitrogens with one attached hydrogen (secondary N) is 2. The molecule has 1 aromatic rings. The lowest BCUT2D eigenvalue weighted by Gasteiger charge is -2.22. The normalized spacial score (nSPS) is 18.0. The molecule has 1 aliphatic rings. The molecule has 1 unspecified atom stereocenters. The highest BCUT2D eigenvalue weighted by Gasteiger charge is 2.21. The zero-order valence-corrected chi connectivity index (χ0v) is 14.9. The fraction of sp³-hybridized carbons (Fsp3) is 0.588. The average molecular weight is 343 g/mol. The third-order valence-corrected chi connectivity index (χ3v) is 3.61. The van der Waals surface area contributed by atoms with E-state index in [0.29, 0.717) is 26.3 Å². The van der Waals surface area contributed by atoms with Crippen LogP contribution in [0.1, 0.15) is 26.3 Å². The lowest BCUT2D eigenvalue weighted by atomic mass is 9.87. The molecule has 1 fully saturated rings. The number of amides is 1. The first-order valence-corrected chi connectivity index (χ1v) is 7.80. The number of halogens is 1.